The Morgan fingerprint density at radius 1 is 0.781 bits per heavy atom. The Hall–Kier alpha value is -0.920. The van der Waals surface area contributed by atoms with Gasteiger partial charge in [0, 0.05) is 0 Å². The molecule has 0 bridgehead atoms. The summed E-state index contributed by atoms with van der Waals surface area (Å²) in [7, 11) is 0.271. The zero-order chi connectivity index (χ0) is 21.2. The van der Waals surface area contributed by atoms with Crippen molar-refractivity contribution in [2.45, 2.75) is 48.0 Å². The fraction of sp³-hybridized carbons (Fsp3) is 0.286. The third-order valence-electron chi connectivity index (χ3n) is 5.33. The van der Waals surface area contributed by atoms with Gasteiger partial charge in [0.05, 0.1) is 0 Å². The van der Waals surface area contributed by atoms with E-state index in [-0.39, 0.29) is 60.5 Å². The van der Waals surface area contributed by atoms with E-state index in [9.17, 15) is 0 Å². The molecule has 0 heterocycles. The number of halogens is 2. The quantitative estimate of drug-likeness (QED) is 0.282. The van der Waals surface area contributed by atoms with Crippen LogP contribution in [0.15, 0.2) is 94.6 Å². The van der Waals surface area contributed by atoms with Crippen molar-refractivity contribution in [3.8, 4) is 0 Å². The van der Waals surface area contributed by atoms with Crippen molar-refractivity contribution in [1.82, 2.24) is 0 Å². The topological polar surface area (TPSA) is 0 Å². The Labute approximate surface area is 230 Å². The van der Waals surface area contributed by atoms with E-state index in [1.807, 2.05) is 0 Å². The smallest absolute Gasteiger partial charge is 0.269 e. The van der Waals surface area contributed by atoms with Crippen molar-refractivity contribution in [2.24, 2.45) is 5.92 Å². The molecule has 0 spiro atoms. The molecule has 0 amide bonds. The van der Waals surface area contributed by atoms with Crippen LogP contribution < -0.4 is 10.4 Å². The van der Waals surface area contributed by atoms with Crippen LogP contribution in [0.1, 0.15) is 48.0 Å². The number of benzene rings is 2. The maximum absolute atomic E-state index is 3.29. The fourth-order valence-electron chi connectivity index (χ4n) is 3.10. The molecular formula is C28H35Cl2SiZr. The zero-order valence-electron chi connectivity index (χ0n) is 20.0. The van der Waals surface area contributed by atoms with Crippen LogP contribution in [0.25, 0.3) is 0 Å². The Bertz CT molecular complexity index is 870. The van der Waals surface area contributed by atoms with Gasteiger partial charge in [0.25, 0.3) is 0 Å². The van der Waals surface area contributed by atoms with Crippen LogP contribution in [0.4, 0.5) is 0 Å². The maximum atomic E-state index is 3.29. The SMILES string of the molecule is CC1=[C-]C(C)C(C)=C1.CC1=[C-]CC(C)=C1C.Cl.Cl.[Zr+2].c1ccc([SiH]c2ccccc2)cc1. The molecule has 1 atom stereocenters. The molecule has 2 aliphatic carbocycles. The molecule has 2 aliphatic rings. The van der Waals surface area contributed by atoms with Crippen molar-refractivity contribution >= 4 is 44.7 Å². The van der Waals surface area contributed by atoms with Crippen LogP contribution >= 0.6 is 24.8 Å². The van der Waals surface area contributed by atoms with Gasteiger partial charge in [-0.1, -0.05) is 112 Å². The van der Waals surface area contributed by atoms with E-state index in [1.165, 1.54) is 38.2 Å². The van der Waals surface area contributed by atoms with E-state index in [2.05, 4.69) is 120 Å². The second-order valence-electron chi connectivity index (χ2n) is 7.79. The van der Waals surface area contributed by atoms with Crippen molar-refractivity contribution in [3.63, 3.8) is 0 Å². The molecule has 0 saturated carbocycles. The molecule has 2 aromatic rings. The third-order valence-corrected chi connectivity index (χ3v) is 6.76. The number of rotatable bonds is 2. The minimum Gasteiger partial charge on any atom is -0.269 e. The van der Waals surface area contributed by atoms with Crippen molar-refractivity contribution in [3.05, 3.63) is 107 Å². The van der Waals surface area contributed by atoms with Gasteiger partial charge in [-0.15, -0.1) is 38.2 Å². The van der Waals surface area contributed by atoms with Gasteiger partial charge in [-0.3, -0.25) is 12.2 Å². The van der Waals surface area contributed by atoms with Crippen molar-refractivity contribution in [1.29, 1.82) is 0 Å². The van der Waals surface area contributed by atoms with E-state index in [0.717, 1.165) is 6.42 Å². The van der Waals surface area contributed by atoms with Gasteiger partial charge in [-0.2, -0.15) is 16.7 Å². The van der Waals surface area contributed by atoms with Gasteiger partial charge in [-0.05, 0) is 0 Å². The molecule has 4 heteroatoms. The van der Waals surface area contributed by atoms with Crippen LogP contribution in [0.3, 0.4) is 0 Å². The number of hydrogen-bond acceptors (Lipinski definition) is 0. The van der Waals surface area contributed by atoms with Gasteiger partial charge in [-0.25, -0.2) is 17.2 Å². The molecule has 0 fully saturated rings. The number of hydrogen-bond donors (Lipinski definition) is 0. The summed E-state index contributed by atoms with van der Waals surface area (Å²) in [6.45, 7) is 12.8. The van der Waals surface area contributed by atoms with Crippen molar-refractivity contribution < 1.29 is 26.2 Å². The molecule has 1 radical (unpaired) electrons. The normalized spacial score (nSPS) is 15.8. The van der Waals surface area contributed by atoms with E-state index in [4.69, 9.17) is 0 Å². The Kier molecular flexibility index (Phi) is 18.2. The first-order valence-electron chi connectivity index (χ1n) is 10.3. The molecule has 1 unspecified atom stereocenters. The summed E-state index contributed by atoms with van der Waals surface area (Å²) >= 11 is 0. The predicted molar refractivity (Wildman–Crippen MR) is 145 cm³/mol. The molecular weight excluding hydrogens is 527 g/mol. The van der Waals surface area contributed by atoms with Crippen LogP contribution in [-0.2, 0) is 26.2 Å². The third kappa shape index (κ3) is 11.8. The molecule has 32 heavy (non-hydrogen) atoms. The molecule has 0 nitrogen and oxygen atoms in total. The summed E-state index contributed by atoms with van der Waals surface area (Å²) in [5.74, 6) is 0.565. The molecule has 0 aliphatic heterocycles. The van der Waals surface area contributed by atoms with Crippen molar-refractivity contribution in [2.75, 3.05) is 0 Å². The van der Waals surface area contributed by atoms with E-state index in [0.29, 0.717) is 5.92 Å². The Morgan fingerprint density at radius 3 is 1.47 bits per heavy atom. The monoisotopic (exact) mass is 559 g/mol. The fourth-order valence-corrected chi connectivity index (χ4v) is 4.32. The second-order valence-corrected chi connectivity index (χ2v) is 9.41. The zero-order valence-corrected chi connectivity index (χ0v) is 25.3. The largest absolute Gasteiger partial charge is 2.00 e. The summed E-state index contributed by atoms with van der Waals surface area (Å²) in [5, 5.41) is 2.90. The first-order chi connectivity index (χ1) is 13.9. The molecule has 4 rings (SSSR count). The van der Waals surface area contributed by atoms with E-state index in [1.54, 1.807) is 0 Å². The first kappa shape index (κ1) is 33.3. The molecule has 0 saturated heterocycles. The summed E-state index contributed by atoms with van der Waals surface area (Å²) in [6.07, 6.45) is 9.79. The van der Waals surface area contributed by atoms with Crippen LogP contribution in [-0.4, -0.2) is 9.52 Å². The molecule has 2 aromatic carbocycles. The van der Waals surface area contributed by atoms with Gasteiger partial charge >= 0.3 is 26.2 Å². The molecule has 169 valence electrons. The Balaban J connectivity index is 0. The minimum atomic E-state index is 0. The van der Waals surface area contributed by atoms with Gasteiger partial charge in [0.2, 0.25) is 0 Å². The van der Waals surface area contributed by atoms with Gasteiger partial charge in [0.1, 0.15) is 9.52 Å². The predicted octanol–water partition coefficient (Wildman–Crippen LogP) is 6.72. The van der Waals surface area contributed by atoms with E-state index < -0.39 is 0 Å². The molecule has 0 N–H and O–H groups in total. The van der Waals surface area contributed by atoms with Gasteiger partial charge < -0.3 is 0 Å². The molecule has 0 aromatic heterocycles. The average molecular weight is 562 g/mol. The minimum absolute atomic E-state index is 0. The van der Waals surface area contributed by atoms with Gasteiger partial charge in [0.15, 0.2) is 0 Å². The van der Waals surface area contributed by atoms with Crippen LogP contribution in [0, 0.1) is 18.1 Å². The second kappa shape index (κ2) is 17.5. The van der Waals surface area contributed by atoms with E-state index >= 15 is 0 Å². The summed E-state index contributed by atoms with van der Waals surface area (Å²) in [6, 6.07) is 21.3. The summed E-state index contributed by atoms with van der Waals surface area (Å²) in [5.41, 5.74) is 6.97. The first-order valence-corrected chi connectivity index (χ1v) is 11.5. The maximum Gasteiger partial charge on any atom is 2.00 e. The Morgan fingerprint density at radius 2 is 1.25 bits per heavy atom. The number of allylic oxidation sites excluding steroid dienone is 8. The van der Waals surface area contributed by atoms with Crippen LogP contribution in [0.5, 0.6) is 0 Å². The summed E-state index contributed by atoms with van der Waals surface area (Å²) < 4.78 is 0. The standard InChI is InChI=1S/C12H11Si.2C8H11.2ClH.Zr/c1-3-7-11(8-4-1)13-12-9-5-2-6-10-12;1-6-4-7(2)8(3)5-6;1-6-4-5-7(2)8(6)3;;;/h1-10,13H;4,8H,1-3H3;4H2,1-3H3;2*1H;/q;2*-1;;;+2. The average Bonchev–Trinajstić information content (AvgIpc) is 3.18. The summed E-state index contributed by atoms with van der Waals surface area (Å²) in [4.78, 5) is 0. The van der Waals surface area contributed by atoms with Crippen LogP contribution in [0.2, 0.25) is 0 Å².